The molecule has 2 aromatic carbocycles. The Morgan fingerprint density at radius 2 is 1.92 bits per heavy atom. The second-order valence-electron chi connectivity index (χ2n) is 6.42. The van der Waals surface area contributed by atoms with E-state index < -0.39 is 0 Å². The van der Waals surface area contributed by atoms with Crippen molar-refractivity contribution >= 4 is 17.5 Å². The van der Waals surface area contributed by atoms with Gasteiger partial charge in [0.25, 0.3) is 11.8 Å². The number of benzene rings is 2. The molecule has 0 aromatic heterocycles. The van der Waals surface area contributed by atoms with E-state index in [0.29, 0.717) is 25.2 Å². The zero-order valence-electron chi connectivity index (χ0n) is 15.5. The molecule has 0 atom stereocenters. The number of aryl methyl sites for hydroxylation is 1. The summed E-state index contributed by atoms with van der Waals surface area (Å²) in [5, 5.41) is 0. The molecule has 0 unspecified atom stereocenters. The van der Waals surface area contributed by atoms with Gasteiger partial charge in [-0.1, -0.05) is 18.2 Å². The summed E-state index contributed by atoms with van der Waals surface area (Å²) in [6, 6.07) is 13.3. The third-order valence-electron chi connectivity index (χ3n) is 4.62. The zero-order valence-corrected chi connectivity index (χ0v) is 15.5. The molecule has 0 bridgehead atoms. The van der Waals surface area contributed by atoms with Crippen LogP contribution in [0.25, 0.3) is 0 Å². The fourth-order valence-electron chi connectivity index (χ4n) is 3.16. The van der Waals surface area contributed by atoms with Crippen LogP contribution < -0.4 is 9.64 Å². The molecule has 136 valence electrons. The molecule has 5 nitrogen and oxygen atoms in total. The van der Waals surface area contributed by atoms with Gasteiger partial charge in [-0.15, -0.1) is 0 Å². The first-order valence-electron chi connectivity index (χ1n) is 8.95. The van der Waals surface area contributed by atoms with Gasteiger partial charge in [-0.3, -0.25) is 9.59 Å². The molecular formula is C21H24N2O3. The first-order valence-corrected chi connectivity index (χ1v) is 8.95. The molecular weight excluding hydrogens is 328 g/mol. The minimum atomic E-state index is -0.0816. The summed E-state index contributed by atoms with van der Waals surface area (Å²) in [5.74, 6) is 0.656. The van der Waals surface area contributed by atoms with Crippen LogP contribution in [0.2, 0.25) is 0 Å². The molecule has 2 amide bonds. The summed E-state index contributed by atoms with van der Waals surface area (Å²) < 4.78 is 5.56. The van der Waals surface area contributed by atoms with E-state index >= 15 is 0 Å². The van der Waals surface area contributed by atoms with Crippen LogP contribution in [0.3, 0.4) is 0 Å². The van der Waals surface area contributed by atoms with Crippen molar-refractivity contribution in [1.29, 1.82) is 0 Å². The van der Waals surface area contributed by atoms with E-state index in [2.05, 4.69) is 0 Å². The fourth-order valence-corrected chi connectivity index (χ4v) is 3.16. The highest BCUT2D eigenvalue weighted by molar-refractivity contribution is 5.98. The Morgan fingerprint density at radius 3 is 2.65 bits per heavy atom. The van der Waals surface area contributed by atoms with Crippen LogP contribution in [-0.2, 0) is 11.3 Å². The highest BCUT2D eigenvalue weighted by Crippen LogP contribution is 2.33. The van der Waals surface area contributed by atoms with E-state index in [-0.39, 0.29) is 18.4 Å². The molecule has 0 N–H and O–H groups in total. The number of carbonyl (C=O) groups is 2. The SMILES string of the molecule is CCN(CC)C(=O)c1cccc(CN2C(=O)COc3cc(C)ccc32)c1. The van der Waals surface area contributed by atoms with Crippen LogP contribution in [0.15, 0.2) is 42.5 Å². The summed E-state index contributed by atoms with van der Waals surface area (Å²) in [5.41, 5.74) is 3.43. The van der Waals surface area contributed by atoms with E-state index in [9.17, 15) is 9.59 Å². The Kier molecular flexibility index (Phi) is 5.26. The highest BCUT2D eigenvalue weighted by atomic mass is 16.5. The number of amides is 2. The van der Waals surface area contributed by atoms with Gasteiger partial charge >= 0.3 is 0 Å². The number of anilines is 1. The van der Waals surface area contributed by atoms with Gasteiger partial charge < -0.3 is 14.5 Å². The van der Waals surface area contributed by atoms with Crippen molar-refractivity contribution in [1.82, 2.24) is 4.90 Å². The summed E-state index contributed by atoms with van der Waals surface area (Å²) in [7, 11) is 0. The summed E-state index contributed by atoms with van der Waals surface area (Å²) in [6.07, 6.45) is 0. The Bertz CT molecular complexity index is 828. The highest BCUT2D eigenvalue weighted by Gasteiger charge is 2.26. The predicted molar refractivity (Wildman–Crippen MR) is 102 cm³/mol. The lowest BCUT2D eigenvalue weighted by molar-refractivity contribution is -0.121. The van der Waals surface area contributed by atoms with E-state index in [1.807, 2.05) is 63.2 Å². The normalized spacial score (nSPS) is 13.2. The second kappa shape index (κ2) is 7.60. The van der Waals surface area contributed by atoms with Crippen LogP contribution in [-0.4, -0.2) is 36.4 Å². The molecule has 26 heavy (non-hydrogen) atoms. The molecule has 3 rings (SSSR count). The van der Waals surface area contributed by atoms with Gasteiger partial charge in [0.15, 0.2) is 6.61 Å². The quantitative estimate of drug-likeness (QED) is 0.829. The van der Waals surface area contributed by atoms with Crippen molar-refractivity contribution in [3.63, 3.8) is 0 Å². The van der Waals surface area contributed by atoms with Crippen LogP contribution >= 0.6 is 0 Å². The molecule has 0 saturated heterocycles. The number of hydrogen-bond donors (Lipinski definition) is 0. The molecule has 0 aliphatic carbocycles. The zero-order chi connectivity index (χ0) is 18.7. The molecule has 2 aromatic rings. The van der Waals surface area contributed by atoms with E-state index in [4.69, 9.17) is 4.74 Å². The average molecular weight is 352 g/mol. The van der Waals surface area contributed by atoms with Gasteiger partial charge in [-0.25, -0.2) is 0 Å². The van der Waals surface area contributed by atoms with Crippen molar-refractivity contribution in [3.8, 4) is 5.75 Å². The Hall–Kier alpha value is -2.82. The molecule has 1 aliphatic heterocycles. The maximum atomic E-state index is 12.6. The molecule has 0 fully saturated rings. The largest absolute Gasteiger partial charge is 0.482 e. The number of rotatable bonds is 5. The number of fused-ring (bicyclic) bond motifs is 1. The first-order chi connectivity index (χ1) is 12.5. The Balaban J connectivity index is 1.87. The van der Waals surface area contributed by atoms with E-state index in [0.717, 1.165) is 22.6 Å². The Labute approximate surface area is 154 Å². The maximum absolute atomic E-state index is 12.6. The number of carbonyl (C=O) groups excluding carboxylic acids is 2. The predicted octanol–water partition coefficient (Wildman–Crippen LogP) is 3.40. The lowest BCUT2D eigenvalue weighted by atomic mass is 10.1. The molecule has 0 spiro atoms. The molecule has 0 radical (unpaired) electrons. The van der Waals surface area contributed by atoms with Crippen molar-refractivity contribution in [3.05, 3.63) is 59.2 Å². The average Bonchev–Trinajstić information content (AvgIpc) is 2.65. The third-order valence-corrected chi connectivity index (χ3v) is 4.62. The third kappa shape index (κ3) is 3.57. The summed E-state index contributed by atoms with van der Waals surface area (Å²) >= 11 is 0. The standard InChI is InChI=1S/C21H24N2O3/c1-4-22(5-2)21(25)17-8-6-7-16(12-17)13-23-18-10-9-15(3)11-19(18)26-14-20(23)24/h6-12H,4-5,13-14H2,1-3H3. The van der Waals surface area contributed by atoms with Crippen LogP contribution in [0.5, 0.6) is 5.75 Å². The van der Waals surface area contributed by atoms with Crippen molar-refractivity contribution in [2.24, 2.45) is 0 Å². The van der Waals surface area contributed by atoms with Crippen LogP contribution in [0, 0.1) is 6.92 Å². The minimum absolute atomic E-state index is 0.0150. The lowest BCUT2D eigenvalue weighted by Gasteiger charge is -2.30. The molecule has 1 heterocycles. The van der Waals surface area contributed by atoms with Gasteiger partial charge in [-0.2, -0.15) is 0 Å². The van der Waals surface area contributed by atoms with Gasteiger partial charge in [0, 0.05) is 18.7 Å². The van der Waals surface area contributed by atoms with E-state index in [1.165, 1.54) is 0 Å². The summed E-state index contributed by atoms with van der Waals surface area (Å²) in [6.45, 7) is 7.73. The smallest absolute Gasteiger partial charge is 0.265 e. The van der Waals surface area contributed by atoms with Gasteiger partial charge in [0.1, 0.15) is 5.75 Å². The van der Waals surface area contributed by atoms with Crippen LogP contribution in [0.4, 0.5) is 5.69 Å². The topological polar surface area (TPSA) is 49.9 Å². The van der Waals surface area contributed by atoms with Gasteiger partial charge in [0.2, 0.25) is 0 Å². The van der Waals surface area contributed by atoms with Crippen molar-refractivity contribution in [2.75, 3.05) is 24.6 Å². The lowest BCUT2D eigenvalue weighted by Crippen LogP contribution is -2.38. The monoisotopic (exact) mass is 352 g/mol. The number of hydrogen-bond acceptors (Lipinski definition) is 3. The summed E-state index contributed by atoms with van der Waals surface area (Å²) in [4.78, 5) is 28.5. The minimum Gasteiger partial charge on any atom is -0.482 e. The number of ether oxygens (including phenoxy) is 1. The van der Waals surface area contributed by atoms with Crippen LogP contribution in [0.1, 0.15) is 35.3 Å². The van der Waals surface area contributed by atoms with Crippen molar-refractivity contribution in [2.45, 2.75) is 27.3 Å². The number of nitrogens with zero attached hydrogens (tertiary/aromatic N) is 2. The van der Waals surface area contributed by atoms with Gasteiger partial charge in [-0.05, 0) is 56.2 Å². The molecule has 0 saturated carbocycles. The molecule has 1 aliphatic rings. The van der Waals surface area contributed by atoms with Crippen molar-refractivity contribution < 1.29 is 14.3 Å². The second-order valence-corrected chi connectivity index (χ2v) is 6.42. The van der Waals surface area contributed by atoms with Gasteiger partial charge in [0.05, 0.1) is 12.2 Å². The fraction of sp³-hybridized carbons (Fsp3) is 0.333. The first kappa shape index (κ1) is 18.0. The van der Waals surface area contributed by atoms with E-state index in [1.54, 1.807) is 9.80 Å². The Morgan fingerprint density at radius 1 is 1.15 bits per heavy atom. The maximum Gasteiger partial charge on any atom is 0.265 e. The molecule has 5 heteroatoms.